The van der Waals surface area contributed by atoms with Gasteiger partial charge in [0.15, 0.2) is 0 Å². The Morgan fingerprint density at radius 2 is 2.05 bits per heavy atom. The summed E-state index contributed by atoms with van der Waals surface area (Å²) in [5.74, 6) is -0.825. The van der Waals surface area contributed by atoms with Crippen LogP contribution in [0.25, 0.3) is 0 Å². The second-order valence-corrected chi connectivity index (χ2v) is 5.57. The summed E-state index contributed by atoms with van der Waals surface area (Å²) >= 11 is 0. The van der Waals surface area contributed by atoms with Crippen LogP contribution in [-0.4, -0.2) is 39.5 Å². The van der Waals surface area contributed by atoms with Crippen LogP contribution in [0.1, 0.15) is 41.5 Å². The number of aryl methyl sites for hydroxylation is 2. The number of carboxylic acid groups (broad SMARTS) is 1. The lowest BCUT2D eigenvalue weighted by Crippen LogP contribution is -2.50. The van der Waals surface area contributed by atoms with E-state index in [1.54, 1.807) is 19.1 Å². The first-order valence-corrected chi connectivity index (χ1v) is 6.88. The third kappa shape index (κ3) is 2.81. The summed E-state index contributed by atoms with van der Waals surface area (Å²) in [5.41, 5.74) is 2.00. The molecule has 108 valence electrons. The molecule has 0 aromatic carbocycles. The van der Waals surface area contributed by atoms with Gasteiger partial charge in [0.25, 0.3) is 5.91 Å². The van der Waals surface area contributed by atoms with E-state index < -0.39 is 12.0 Å². The number of carboxylic acids is 1. The van der Waals surface area contributed by atoms with E-state index >= 15 is 0 Å². The minimum Gasteiger partial charge on any atom is -0.480 e. The van der Waals surface area contributed by atoms with Crippen LogP contribution in [0.2, 0.25) is 0 Å². The highest BCUT2D eigenvalue weighted by Crippen LogP contribution is 2.25. The van der Waals surface area contributed by atoms with Crippen molar-refractivity contribution >= 4 is 11.9 Å². The monoisotopic (exact) mass is 276 g/mol. The van der Waals surface area contributed by atoms with Crippen molar-refractivity contribution in [3.8, 4) is 0 Å². The van der Waals surface area contributed by atoms with Gasteiger partial charge < -0.3 is 10.0 Å². The molecule has 0 radical (unpaired) electrons. The predicted octanol–water partition coefficient (Wildman–Crippen LogP) is 2.02. The SMILES string of the molecule is Cc1ccc(C(=O)N2CCC(C)CC2C(=O)O)c(C)n1. The normalized spacial score (nSPS) is 22.6. The molecule has 1 saturated heterocycles. The van der Waals surface area contributed by atoms with Crippen molar-refractivity contribution in [2.24, 2.45) is 5.92 Å². The maximum Gasteiger partial charge on any atom is 0.326 e. The molecule has 1 aliphatic heterocycles. The largest absolute Gasteiger partial charge is 0.480 e. The van der Waals surface area contributed by atoms with Gasteiger partial charge in [-0.3, -0.25) is 9.78 Å². The standard InChI is InChI=1S/C15H20N2O3/c1-9-6-7-17(13(8-9)15(19)20)14(18)12-5-4-10(2)16-11(12)3/h4-5,9,13H,6-8H2,1-3H3,(H,19,20). The molecule has 1 fully saturated rings. The average Bonchev–Trinajstić information content (AvgIpc) is 2.37. The van der Waals surface area contributed by atoms with E-state index in [4.69, 9.17) is 0 Å². The molecular formula is C15H20N2O3. The Morgan fingerprint density at radius 3 is 2.65 bits per heavy atom. The minimum absolute atomic E-state index is 0.227. The molecule has 2 unspecified atom stereocenters. The van der Waals surface area contributed by atoms with Gasteiger partial charge >= 0.3 is 5.97 Å². The minimum atomic E-state index is -0.928. The van der Waals surface area contributed by atoms with Gasteiger partial charge in [-0.25, -0.2) is 4.79 Å². The molecule has 5 heteroatoms. The molecule has 1 aromatic heterocycles. The second-order valence-electron chi connectivity index (χ2n) is 5.57. The maximum atomic E-state index is 12.6. The van der Waals surface area contributed by atoms with Crippen LogP contribution < -0.4 is 0 Å². The van der Waals surface area contributed by atoms with E-state index in [2.05, 4.69) is 4.98 Å². The van der Waals surface area contributed by atoms with Gasteiger partial charge in [0.05, 0.1) is 11.3 Å². The number of likely N-dealkylation sites (tertiary alicyclic amines) is 1. The molecule has 0 saturated carbocycles. The molecule has 1 N–H and O–H groups in total. The average molecular weight is 276 g/mol. The summed E-state index contributed by atoms with van der Waals surface area (Å²) in [6, 6.07) is 2.78. The van der Waals surface area contributed by atoms with Crippen molar-refractivity contribution in [1.29, 1.82) is 0 Å². The van der Waals surface area contributed by atoms with Crippen LogP contribution in [0.5, 0.6) is 0 Å². The number of carbonyl (C=O) groups excluding carboxylic acids is 1. The third-order valence-corrected chi connectivity index (χ3v) is 3.87. The number of piperidine rings is 1. The van der Waals surface area contributed by atoms with Crippen LogP contribution in [0.4, 0.5) is 0 Å². The lowest BCUT2D eigenvalue weighted by Gasteiger charge is -2.36. The number of hydrogen-bond donors (Lipinski definition) is 1. The number of hydrogen-bond acceptors (Lipinski definition) is 3. The smallest absolute Gasteiger partial charge is 0.326 e. The van der Waals surface area contributed by atoms with Crippen molar-refractivity contribution in [2.45, 2.75) is 39.7 Å². The fraction of sp³-hybridized carbons (Fsp3) is 0.533. The third-order valence-electron chi connectivity index (χ3n) is 3.87. The number of amides is 1. The van der Waals surface area contributed by atoms with Gasteiger partial charge in [0.1, 0.15) is 6.04 Å². The molecule has 5 nitrogen and oxygen atoms in total. The second kappa shape index (κ2) is 5.61. The van der Waals surface area contributed by atoms with Crippen LogP contribution in [0.15, 0.2) is 12.1 Å². The summed E-state index contributed by atoms with van der Waals surface area (Å²) in [6.07, 6.45) is 1.35. The Kier molecular flexibility index (Phi) is 4.06. The van der Waals surface area contributed by atoms with Gasteiger partial charge in [-0.1, -0.05) is 6.92 Å². The molecule has 1 aliphatic rings. The summed E-state index contributed by atoms with van der Waals surface area (Å²) in [5, 5.41) is 9.33. The van der Waals surface area contributed by atoms with Gasteiger partial charge in [0, 0.05) is 12.2 Å². The summed E-state index contributed by atoms with van der Waals surface area (Å²) in [4.78, 5) is 29.7. The maximum absolute atomic E-state index is 12.6. The molecule has 0 spiro atoms. The Hall–Kier alpha value is -1.91. The fourth-order valence-electron chi connectivity index (χ4n) is 2.69. The quantitative estimate of drug-likeness (QED) is 0.897. The highest BCUT2D eigenvalue weighted by Gasteiger charge is 2.35. The molecule has 0 bridgehead atoms. The van der Waals surface area contributed by atoms with E-state index in [1.807, 2.05) is 13.8 Å². The Balaban J connectivity index is 2.28. The van der Waals surface area contributed by atoms with Gasteiger partial charge in [0.2, 0.25) is 0 Å². The van der Waals surface area contributed by atoms with Crippen LogP contribution in [-0.2, 0) is 4.79 Å². The Bertz CT molecular complexity index is 542. The molecule has 0 aliphatic carbocycles. The van der Waals surface area contributed by atoms with Gasteiger partial charge in [-0.2, -0.15) is 0 Å². The number of rotatable bonds is 2. The zero-order valence-corrected chi connectivity index (χ0v) is 12.1. The Labute approximate surface area is 118 Å². The van der Waals surface area contributed by atoms with Crippen LogP contribution in [0, 0.1) is 19.8 Å². The first-order valence-electron chi connectivity index (χ1n) is 6.88. The molecule has 2 heterocycles. The van der Waals surface area contributed by atoms with Crippen molar-refractivity contribution in [2.75, 3.05) is 6.54 Å². The van der Waals surface area contributed by atoms with E-state index in [9.17, 15) is 14.7 Å². The highest BCUT2D eigenvalue weighted by molar-refractivity contribution is 5.97. The molecule has 2 atom stereocenters. The van der Waals surface area contributed by atoms with E-state index in [0.29, 0.717) is 30.1 Å². The van der Waals surface area contributed by atoms with Crippen molar-refractivity contribution in [3.05, 3.63) is 29.1 Å². The summed E-state index contributed by atoms with van der Waals surface area (Å²) in [7, 11) is 0. The van der Waals surface area contributed by atoms with Crippen molar-refractivity contribution < 1.29 is 14.7 Å². The van der Waals surface area contributed by atoms with E-state index in [0.717, 1.165) is 12.1 Å². The fourth-order valence-corrected chi connectivity index (χ4v) is 2.69. The number of aromatic nitrogens is 1. The van der Waals surface area contributed by atoms with Crippen LogP contribution in [0.3, 0.4) is 0 Å². The number of nitrogens with zero attached hydrogens (tertiary/aromatic N) is 2. The lowest BCUT2D eigenvalue weighted by molar-refractivity contribution is -0.144. The molecule has 1 amide bonds. The van der Waals surface area contributed by atoms with E-state index in [1.165, 1.54) is 4.90 Å². The predicted molar refractivity (Wildman–Crippen MR) is 74.6 cm³/mol. The van der Waals surface area contributed by atoms with Crippen LogP contribution >= 0.6 is 0 Å². The first-order chi connectivity index (χ1) is 9.40. The van der Waals surface area contributed by atoms with Gasteiger partial charge in [-0.15, -0.1) is 0 Å². The number of aliphatic carboxylic acids is 1. The van der Waals surface area contributed by atoms with Crippen molar-refractivity contribution in [3.63, 3.8) is 0 Å². The lowest BCUT2D eigenvalue weighted by atomic mass is 9.91. The first kappa shape index (κ1) is 14.5. The van der Waals surface area contributed by atoms with Gasteiger partial charge in [-0.05, 0) is 44.7 Å². The molecule has 1 aromatic rings. The van der Waals surface area contributed by atoms with Crippen molar-refractivity contribution in [1.82, 2.24) is 9.88 Å². The summed E-state index contributed by atoms with van der Waals surface area (Å²) in [6.45, 7) is 6.16. The molecular weight excluding hydrogens is 256 g/mol. The van der Waals surface area contributed by atoms with E-state index in [-0.39, 0.29) is 5.91 Å². The number of pyridine rings is 1. The Morgan fingerprint density at radius 1 is 1.35 bits per heavy atom. The highest BCUT2D eigenvalue weighted by atomic mass is 16.4. The molecule has 2 rings (SSSR count). The molecule has 20 heavy (non-hydrogen) atoms. The number of carbonyl (C=O) groups is 2. The zero-order valence-electron chi connectivity index (χ0n) is 12.1. The topological polar surface area (TPSA) is 70.5 Å². The zero-order chi connectivity index (χ0) is 14.9. The summed E-state index contributed by atoms with van der Waals surface area (Å²) < 4.78 is 0.